The summed E-state index contributed by atoms with van der Waals surface area (Å²) in [4.78, 5) is 0. The molecule has 4 heteroatoms. The van der Waals surface area contributed by atoms with E-state index in [0.717, 1.165) is 15.4 Å². The number of nitriles is 1. The van der Waals surface area contributed by atoms with Crippen LogP contribution in [0.4, 0.5) is 0 Å². The highest BCUT2D eigenvalue weighted by atomic mass is 79.9. The minimum absolute atomic E-state index is 0.618. The van der Waals surface area contributed by atoms with Crippen LogP contribution in [0, 0.1) is 11.3 Å². The molecule has 1 heterocycles. The highest BCUT2D eigenvalue weighted by Crippen LogP contribution is 2.30. The summed E-state index contributed by atoms with van der Waals surface area (Å²) in [6.07, 6.45) is 0. The molecule has 0 atom stereocenters. The van der Waals surface area contributed by atoms with Gasteiger partial charge in [-0.3, -0.25) is 0 Å². The Morgan fingerprint density at radius 2 is 2.20 bits per heavy atom. The van der Waals surface area contributed by atoms with Crippen LogP contribution in [0.1, 0.15) is 19.6 Å². The van der Waals surface area contributed by atoms with Gasteiger partial charge in [-0.05, 0) is 32.0 Å². The highest BCUT2D eigenvalue weighted by molar-refractivity contribution is 9.10. The molecule has 0 unspecified atom stereocenters. The second-order valence-electron chi connectivity index (χ2n) is 3.91. The monoisotopic (exact) mass is 264 g/mol. The second-order valence-corrected chi connectivity index (χ2v) is 4.83. The van der Waals surface area contributed by atoms with Gasteiger partial charge in [0, 0.05) is 9.86 Å². The Hall–Kier alpha value is -1.34. The smallest absolute Gasteiger partial charge is 0.164 e. The maximum atomic E-state index is 9.03. The van der Waals surface area contributed by atoms with Crippen LogP contribution in [0.3, 0.4) is 0 Å². The average molecular weight is 265 g/mol. The van der Waals surface area contributed by atoms with Crippen molar-refractivity contribution in [2.24, 2.45) is 0 Å². The Bertz CT molecular complexity index is 551. The summed E-state index contributed by atoms with van der Waals surface area (Å²) in [7, 11) is 0. The van der Waals surface area contributed by atoms with Crippen molar-refractivity contribution >= 4 is 26.8 Å². The van der Waals surface area contributed by atoms with E-state index in [1.54, 1.807) is 0 Å². The largest absolute Gasteiger partial charge is 0.358 e. The Balaban J connectivity index is 2.71. The molecule has 0 N–H and O–H groups in total. The van der Waals surface area contributed by atoms with Crippen LogP contribution >= 0.6 is 15.9 Å². The molecular weight excluding hydrogens is 256 g/mol. The summed E-state index contributed by atoms with van der Waals surface area (Å²) in [6.45, 7) is 3.63. The van der Waals surface area contributed by atoms with Crippen LogP contribution in [0.15, 0.2) is 27.2 Å². The number of fused-ring (bicyclic) bond motifs is 1. The molecule has 0 spiro atoms. The van der Waals surface area contributed by atoms with Gasteiger partial charge in [0.25, 0.3) is 0 Å². The third kappa shape index (κ3) is 1.64. The topological polar surface area (TPSA) is 49.8 Å². The molecule has 2 rings (SSSR count). The molecule has 3 nitrogen and oxygen atoms in total. The standard InChI is InChI=1S/C11H9BrN2O/c1-11(2,6-13)10-8-4-3-7(12)5-9(8)14-15-10/h3-5H,1-2H3. The zero-order chi connectivity index (χ0) is 11.1. The van der Waals surface area contributed by atoms with Gasteiger partial charge in [0.15, 0.2) is 5.76 Å². The second kappa shape index (κ2) is 3.35. The number of hydrogen-bond acceptors (Lipinski definition) is 3. The number of benzene rings is 1. The quantitative estimate of drug-likeness (QED) is 0.794. The molecular formula is C11H9BrN2O. The Labute approximate surface area is 95.8 Å². The predicted molar refractivity (Wildman–Crippen MR) is 60.3 cm³/mol. The Morgan fingerprint density at radius 1 is 1.47 bits per heavy atom. The summed E-state index contributed by atoms with van der Waals surface area (Å²) in [6, 6.07) is 7.90. The molecule has 76 valence electrons. The van der Waals surface area contributed by atoms with Crippen molar-refractivity contribution in [3.8, 4) is 6.07 Å². The SMILES string of the molecule is CC(C)(C#N)c1onc2cc(Br)ccc12. The van der Waals surface area contributed by atoms with E-state index in [0.29, 0.717) is 5.76 Å². The fraction of sp³-hybridized carbons (Fsp3) is 0.273. The molecule has 0 aliphatic rings. The molecule has 0 aliphatic heterocycles. The van der Waals surface area contributed by atoms with Crippen molar-refractivity contribution in [3.05, 3.63) is 28.4 Å². The van der Waals surface area contributed by atoms with E-state index in [1.807, 2.05) is 32.0 Å². The van der Waals surface area contributed by atoms with Gasteiger partial charge in [-0.25, -0.2) is 0 Å². The summed E-state index contributed by atoms with van der Waals surface area (Å²) in [5, 5.41) is 13.9. The molecule has 0 saturated carbocycles. The van der Waals surface area contributed by atoms with Crippen molar-refractivity contribution in [2.75, 3.05) is 0 Å². The van der Waals surface area contributed by atoms with Gasteiger partial charge in [-0.2, -0.15) is 5.26 Å². The summed E-state index contributed by atoms with van der Waals surface area (Å²) in [5.74, 6) is 0.618. The van der Waals surface area contributed by atoms with Gasteiger partial charge < -0.3 is 4.52 Å². The molecule has 0 aliphatic carbocycles. The minimum Gasteiger partial charge on any atom is -0.358 e. The molecule has 0 bridgehead atoms. The third-order valence-corrected chi connectivity index (χ3v) is 2.78. The average Bonchev–Trinajstić information content (AvgIpc) is 2.61. The van der Waals surface area contributed by atoms with Gasteiger partial charge in [0.2, 0.25) is 0 Å². The number of nitrogens with zero attached hydrogens (tertiary/aromatic N) is 2. The molecule has 0 saturated heterocycles. The maximum Gasteiger partial charge on any atom is 0.164 e. The molecule has 0 radical (unpaired) electrons. The van der Waals surface area contributed by atoms with Gasteiger partial charge in [0.05, 0.1) is 6.07 Å². The molecule has 0 amide bonds. The van der Waals surface area contributed by atoms with E-state index in [1.165, 1.54) is 0 Å². The molecule has 1 aromatic heterocycles. The molecule has 2 aromatic rings. The van der Waals surface area contributed by atoms with Gasteiger partial charge in [-0.15, -0.1) is 0 Å². The van der Waals surface area contributed by atoms with Crippen LogP contribution in [-0.2, 0) is 5.41 Å². The van der Waals surface area contributed by atoms with Crippen molar-refractivity contribution < 1.29 is 4.52 Å². The number of halogens is 1. The fourth-order valence-corrected chi connectivity index (χ4v) is 1.77. The summed E-state index contributed by atoms with van der Waals surface area (Å²) < 4.78 is 6.18. The normalized spacial score (nSPS) is 11.6. The van der Waals surface area contributed by atoms with Gasteiger partial charge in [0.1, 0.15) is 10.9 Å². The summed E-state index contributed by atoms with van der Waals surface area (Å²) in [5.41, 5.74) is 0.116. The molecule has 0 fully saturated rings. The summed E-state index contributed by atoms with van der Waals surface area (Å²) >= 11 is 3.36. The van der Waals surface area contributed by atoms with Crippen LogP contribution in [0.5, 0.6) is 0 Å². The number of hydrogen-bond donors (Lipinski definition) is 0. The number of rotatable bonds is 1. The van der Waals surface area contributed by atoms with Crippen molar-refractivity contribution in [2.45, 2.75) is 19.3 Å². The van der Waals surface area contributed by atoms with Crippen LogP contribution in [-0.4, -0.2) is 5.16 Å². The van der Waals surface area contributed by atoms with Crippen molar-refractivity contribution in [3.63, 3.8) is 0 Å². The van der Waals surface area contributed by atoms with E-state index >= 15 is 0 Å². The van der Waals surface area contributed by atoms with E-state index < -0.39 is 5.41 Å². The third-order valence-electron chi connectivity index (χ3n) is 2.29. The number of aromatic nitrogens is 1. The van der Waals surface area contributed by atoms with Crippen molar-refractivity contribution in [1.29, 1.82) is 5.26 Å². The zero-order valence-corrected chi connectivity index (χ0v) is 10.00. The highest BCUT2D eigenvalue weighted by Gasteiger charge is 2.27. The first kappa shape index (κ1) is 10.2. The van der Waals surface area contributed by atoms with Crippen LogP contribution in [0.2, 0.25) is 0 Å². The maximum absolute atomic E-state index is 9.03. The van der Waals surface area contributed by atoms with Crippen LogP contribution < -0.4 is 0 Å². The van der Waals surface area contributed by atoms with E-state index in [2.05, 4.69) is 27.2 Å². The lowest BCUT2D eigenvalue weighted by atomic mass is 9.90. The first-order valence-electron chi connectivity index (χ1n) is 4.51. The van der Waals surface area contributed by atoms with Gasteiger partial charge in [-0.1, -0.05) is 21.1 Å². The Morgan fingerprint density at radius 3 is 2.87 bits per heavy atom. The van der Waals surface area contributed by atoms with Crippen LogP contribution in [0.25, 0.3) is 10.9 Å². The molecule has 1 aromatic carbocycles. The minimum atomic E-state index is -0.650. The zero-order valence-electron chi connectivity index (χ0n) is 8.41. The lowest BCUT2D eigenvalue weighted by Crippen LogP contribution is -2.12. The lowest BCUT2D eigenvalue weighted by molar-refractivity contribution is 0.355. The Kier molecular flexibility index (Phi) is 2.28. The molecule has 15 heavy (non-hydrogen) atoms. The fourth-order valence-electron chi connectivity index (χ4n) is 1.42. The first-order valence-corrected chi connectivity index (χ1v) is 5.30. The van der Waals surface area contributed by atoms with E-state index in [4.69, 9.17) is 9.78 Å². The van der Waals surface area contributed by atoms with E-state index in [9.17, 15) is 0 Å². The predicted octanol–water partition coefficient (Wildman–Crippen LogP) is 3.39. The lowest BCUT2D eigenvalue weighted by Gasteiger charge is -2.10. The first-order chi connectivity index (χ1) is 7.04. The van der Waals surface area contributed by atoms with Gasteiger partial charge >= 0.3 is 0 Å². The van der Waals surface area contributed by atoms with E-state index in [-0.39, 0.29) is 0 Å². The van der Waals surface area contributed by atoms with Crippen molar-refractivity contribution in [1.82, 2.24) is 5.16 Å².